The molecule has 1 aliphatic rings. The van der Waals surface area contributed by atoms with Gasteiger partial charge < -0.3 is 19.2 Å². The summed E-state index contributed by atoms with van der Waals surface area (Å²) in [5.41, 5.74) is 1.21. The van der Waals surface area contributed by atoms with Gasteiger partial charge in [0.15, 0.2) is 0 Å². The largest absolute Gasteiger partial charge is 0.467 e. The van der Waals surface area contributed by atoms with Crippen LogP contribution in [0.3, 0.4) is 0 Å². The van der Waals surface area contributed by atoms with E-state index in [-0.39, 0.29) is 24.4 Å². The van der Waals surface area contributed by atoms with Gasteiger partial charge in [-0.2, -0.15) is 5.26 Å². The molecule has 0 bridgehead atoms. The minimum atomic E-state index is -0.298. The molecule has 1 N–H and O–H groups in total. The number of aromatic nitrogens is 2. The average molecular weight is 389 g/mol. The summed E-state index contributed by atoms with van der Waals surface area (Å²) < 4.78 is 7.12. The van der Waals surface area contributed by atoms with Crippen LogP contribution in [0, 0.1) is 11.3 Å². The lowest BCUT2D eigenvalue weighted by Crippen LogP contribution is -2.41. The van der Waals surface area contributed by atoms with Crippen LogP contribution in [-0.4, -0.2) is 32.8 Å². The van der Waals surface area contributed by atoms with E-state index in [9.17, 15) is 9.59 Å². The zero-order valence-electron chi connectivity index (χ0n) is 15.8. The molecule has 0 saturated heterocycles. The van der Waals surface area contributed by atoms with Crippen LogP contribution in [0.2, 0.25) is 0 Å². The van der Waals surface area contributed by atoms with Gasteiger partial charge in [0.1, 0.15) is 17.3 Å². The number of imidazole rings is 1. The summed E-state index contributed by atoms with van der Waals surface area (Å²) in [6.45, 7) is 3.20. The lowest BCUT2D eigenvalue weighted by atomic mass is 10.1. The number of fused-ring (bicyclic) bond motifs is 1. The van der Waals surface area contributed by atoms with E-state index in [0.29, 0.717) is 41.5 Å². The Kier molecular flexibility index (Phi) is 4.87. The van der Waals surface area contributed by atoms with Crippen molar-refractivity contribution in [1.29, 1.82) is 5.26 Å². The fourth-order valence-corrected chi connectivity index (χ4v) is 3.44. The normalized spacial score (nSPS) is 15.4. The summed E-state index contributed by atoms with van der Waals surface area (Å²) in [7, 11) is 0. The van der Waals surface area contributed by atoms with Crippen LogP contribution in [0.4, 0.5) is 0 Å². The third-order valence-electron chi connectivity index (χ3n) is 4.97. The van der Waals surface area contributed by atoms with Crippen molar-refractivity contribution in [2.75, 3.05) is 6.54 Å². The van der Waals surface area contributed by atoms with Crippen LogP contribution in [0.5, 0.6) is 0 Å². The molecule has 0 aliphatic carbocycles. The maximum Gasteiger partial charge on any atom is 0.271 e. The highest BCUT2D eigenvalue weighted by Gasteiger charge is 2.31. The Labute approximate surface area is 167 Å². The molecule has 1 aromatic carbocycles. The predicted molar refractivity (Wildman–Crippen MR) is 103 cm³/mol. The van der Waals surface area contributed by atoms with Gasteiger partial charge in [0.05, 0.1) is 30.5 Å². The first-order valence-electron chi connectivity index (χ1n) is 9.25. The fourth-order valence-electron chi connectivity index (χ4n) is 3.44. The van der Waals surface area contributed by atoms with Crippen molar-refractivity contribution in [3.63, 3.8) is 0 Å². The molecule has 1 aliphatic heterocycles. The molecule has 3 aromatic rings. The number of nitrogens with one attached hydrogen (secondary N) is 1. The Bertz CT molecular complexity index is 1090. The number of hydrogen-bond acceptors (Lipinski definition) is 5. The molecule has 0 radical (unpaired) electrons. The molecule has 8 heteroatoms. The van der Waals surface area contributed by atoms with Crippen LogP contribution in [-0.2, 0) is 13.1 Å². The molecule has 0 saturated carbocycles. The summed E-state index contributed by atoms with van der Waals surface area (Å²) in [5, 5.41) is 11.8. The Morgan fingerprint density at radius 2 is 2.17 bits per heavy atom. The van der Waals surface area contributed by atoms with E-state index in [4.69, 9.17) is 9.68 Å². The lowest BCUT2D eigenvalue weighted by Gasteiger charge is -2.33. The van der Waals surface area contributed by atoms with Gasteiger partial charge >= 0.3 is 0 Å². The second kappa shape index (κ2) is 7.64. The van der Waals surface area contributed by atoms with Gasteiger partial charge in [0.2, 0.25) is 0 Å². The highest BCUT2D eigenvalue weighted by molar-refractivity contribution is 5.95. The van der Waals surface area contributed by atoms with Crippen molar-refractivity contribution in [2.24, 2.45) is 0 Å². The van der Waals surface area contributed by atoms with Crippen LogP contribution in [0.25, 0.3) is 0 Å². The third-order valence-corrected chi connectivity index (χ3v) is 4.97. The number of nitrogens with zero attached hydrogens (tertiary/aromatic N) is 4. The number of rotatable bonds is 4. The second-order valence-electron chi connectivity index (χ2n) is 6.81. The molecule has 1 atom stereocenters. The van der Waals surface area contributed by atoms with E-state index < -0.39 is 0 Å². The maximum atomic E-state index is 13.0. The maximum absolute atomic E-state index is 13.0. The summed E-state index contributed by atoms with van der Waals surface area (Å²) in [6, 6.07) is 11.9. The third kappa shape index (κ3) is 3.62. The van der Waals surface area contributed by atoms with E-state index in [1.54, 1.807) is 53.8 Å². The molecule has 3 heterocycles. The standard InChI is InChI=1S/C21H19N5O3/c1-14-19-24-18(20(27)23-12-17-6-3-9-29-17)13-25(19)7-8-26(14)21(28)16-5-2-4-15(10-16)11-22/h2-6,9-10,13-14H,7-8,12H2,1H3,(H,23,27)/t14-/m1/s1. The zero-order valence-corrected chi connectivity index (χ0v) is 15.8. The number of nitriles is 1. The number of carbonyl (C=O) groups excluding carboxylic acids is 2. The Morgan fingerprint density at radius 1 is 1.31 bits per heavy atom. The molecule has 2 amide bonds. The minimum absolute atomic E-state index is 0.160. The molecule has 0 unspecified atom stereocenters. The van der Waals surface area contributed by atoms with E-state index in [1.807, 2.05) is 11.5 Å². The van der Waals surface area contributed by atoms with Gasteiger partial charge in [-0.15, -0.1) is 0 Å². The molecule has 8 nitrogen and oxygen atoms in total. The average Bonchev–Trinajstić information content (AvgIpc) is 3.42. The molecule has 146 valence electrons. The molecule has 0 spiro atoms. The fraction of sp³-hybridized carbons (Fsp3) is 0.238. The highest BCUT2D eigenvalue weighted by Crippen LogP contribution is 2.26. The van der Waals surface area contributed by atoms with Crippen molar-refractivity contribution in [2.45, 2.75) is 26.1 Å². The van der Waals surface area contributed by atoms with Crippen LogP contribution < -0.4 is 5.32 Å². The summed E-state index contributed by atoms with van der Waals surface area (Å²) >= 11 is 0. The highest BCUT2D eigenvalue weighted by atomic mass is 16.3. The first-order valence-corrected chi connectivity index (χ1v) is 9.25. The summed E-state index contributed by atoms with van der Waals surface area (Å²) in [6.07, 6.45) is 3.26. The molecule has 0 fully saturated rings. The quantitative estimate of drug-likeness (QED) is 0.738. The first kappa shape index (κ1) is 18.5. The van der Waals surface area contributed by atoms with Gasteiger partial charge in [0, 0.05) is 24.8 Å². The lowest BCUT2D eigenvalue weighted by molar-refractivity contribution is 0.0638. The first-order chi connectivity index (χ1) is 14.1. The van der Waals surface area contributed by atoms with E-state index in [0.717, 1.165) is 0 Å². The Hall–Kier alpha value is -3.86. The van der Waals surface area contributed by atoms with E-state index in [2.05, 4.69) is 16.4 Å². The second-order valence-corrected chi connectivity index (χ2v) is 6.81. The van der Waals surface area contributed by atoms with Gasteiger partial charge in [-0.25, -0.2) is 4.98 Å². The smallest absolute Gasteiger partial charge is 0.271 e. The summed E-state index contributed by atoms with van der Waals surface area (Å²) in [5.74, 6) is 0.860. The minimum Gasteiger partial charge on any atom is -0.467 e. The molecular weight excluding hydrogens is 370 g/mol. The molecular formula is C21H19N5O3. The topological polar surface area (TPSA) is 104 Å². The number of benzene rings is 1. The monoisotopic (exact) mass is 389 g/mol. The van der Waals surface area contributed by atoms with E-state index >= 15 is 0 Å². The zero-order chi connectivity index (χ0) is 20.4. The van der Waals surface area contributed by atoms with Crippen LogP contribution in [0.15, 0.2) is 53.3 Å². The van der Waals surface area contributed by atoms with E-state index in [1.165, 1.54) is 0 Å². The van der Waals surface area contributed by atoms with Crippen molar-refractivity contribution >= 4 is 11.8 Å². The number of hydrogen-bond donors (Lipinski definition) is 1. The van der Waals surface area contributed by atoms with Gasteiger partial charge in [-0.1, -0.05) is 6.07 Å². The predicted octanol–water partition coefficient (Wildman–Crippen LogP) is 2.49. The molecule has 29 heavy (non-hydrogen) atoms. The SMILES string of the molecule is C[C@@H]1c2nc(C(=O)NCc3ccco3)cn2CCN1C(=O)c1cccc(C#N)c1. The van der Waals surface area contributed by atoms with Crippen molar-refractivity contribution in [1.82, 2.24) is 19.8 Å². The Balaban J connectivity index is 1.50. The van der Waals surface area contributed by atoms with Gasteiger partial charge in [0.25, 0.3) is 11.8 Å². The van der Waals surface area contributed by atoms with Gasteiger partial charge in [-0.3, -0.25) is 9.59 Å². The summed E-state index contributed by atoms with van der Waals surface area (Å²) in [4.78, 5) is 31.6. The number of amides is 2. The van der Waals surface area contributed by atoms with Crippen molar-refractivity contribution in [3.8, 4) is 6.07 Å². The van der Waals surface area contributed by atoms with Crippen LogP contribution >= 0.6 is 0 Å². The van der Waals surface area contributed by atoms with Crippen molar-refractivity contribution in [3.05, 3.63) is 77.3 Å². The van der Waals surface area contributed by atoms with Gasteiger partial charge in [-0.05, 0) is 37.3 Å². The van der Waals surface area contributed by atoms with Crippen molar-refractivity contribution < 1.29 is 14.0 Å². The number of carbonyl (C=O) groups is 2. The molecule has 4 rings (SSSR count). The molecule has 2 aromatic heterocycles. The number of furan rings is 1. The Morgan fingerprint density at radius 3 is 2.93 bits per heavy atom. The van der Waals surface area contributed by atoms with Crippen LogP contribution in [0.1, 0.15) is 51.0 Å².